The molecule has 22 heavy (non-hydrogen) atoms. The summed E-state index contributed by atoms with van der Waals surface area (Å²) in [5, 5.41) is 15.6. The lowest BCUT2D eigenvalue weighted by atomic mass is 10.1. The molecule has 0 bridgehead atoms. The van der Waals surface area contributed by atoms with Crippen molar-refractivity contribution in [1.82, 2.24) is 14.6 Å². The number of halogens is 1. The smallest absolute Gasteiger partial charge is 0.214 e. The van der Waals surface area contributed by atoms with Crippen molar-refractivity contribution in [3.05, 3.63) is 35.5 Å². The monoisotopic (exact) mass is 334 g/mol. The molecular weight excluding hydrogens is 320 g/mol. The number of rotatable bonds is 3. The van der Waals surface area contributed by atoms with Crippen LogP contribution < -0.4 is 4.90 Å². The number of aromatic nitrogens is 3. The van der Waals surface area contributed by atoms with Crippen LogP contribution in [-0.4, -0.2) is 39.4 Å². The van der Waals surface area contributed by atoms with E-state index in [-0.39, 0.29) is 6.61 Å². The van der Waals surface area contributed by atoms with Crippen molar-refractivity contribution in [3.8, 4) is 11.3 Å². The van der Waals surface area contributed by atoms with Gasteiger partial charge in [0.1, 0.15) is 0 Å². The Kier molecular flexibility index (Phi) is 3.52. The van der Waals surface area contributed by atoms with Gasteiger partial charge in [-0.05, 0) is 18.6 Å². The minimum absolute atomic E-state index is 0.250. The van der Waals surface area contributed by atoms with E-state index in [2.05, 4.69) is 15.0 Å². The highest BCUT2D eigenvalue weighted by atomic mass is 35.5. The van der Waals surface area contributed by atoms with Crippen molar-refractivity contribution in [2.24, 2.45) is 5.92 Å². The molecule has 1 fully saturated rings. The maximum Gasteiger partial charge on any atom is 0.214 e. The Morgan fingerprint density at radius 1 is 1.32 bits per heavy atom. The molecule has 4 rings (SSSR count). The van der Waals surface area contributed by atoms with Gasteiger partial charge in [0, 0.05) is 36.2 Å². The van der Waals surface area contributed by atoms with Crippen LogP contribution >= 0.6 is 22.9 Å². The summed E-state index contributed by atoms with van der Waals surface area (Å²) >= 11 is 7.50. The molecule has 1 aliphatic heterocycles. The number of anilines is 1. The molecule has 2 aromatic heterocycles. The summed E-state index contributed by atoms with van der Waals surface area (Å²) in [7, 11) is 0. The highest BCUT2D eigenvalue weighted by molar-refractivity contribution is 7.20. The second-order valence-electron chi connectivity index (χ2n) is 5.53. The van der Waals surface area contributed by atoms with E-state index in [0.29, 0.717) is 5.92 Å². The number of benzene rings is 1. The highest BCUT2D eigenvalue weighted by Gasteiger charge is 2.24. The molecule has 0 spiro atoms. The largest absolute Gasteiger partial charge is 0.396 e. The third kappa shape index (κ3) is 2.47. The van der Waals surface area contributed by atoms with Crippen LogP contribution in [0, 0.1) is 5.92 Å². The predicted molar refractivity (Wildman–Crippen MR) is 88.7 cm³/mol. The van der Waals surface area contributed by atoms with Crippen LogP contribution in [0.2, 0.25) is 5.02 Å². The van der Waals surface area contributed by atoms with E-state index < -0.39 is 0 Å². The molecule has 114 valence electrons. The first-order valence-electron chi connectivity index (χ1n) is 7.21. The van der Waals surface area contributed by atoms with Gasteiger partial charge in [-0.15, -0.1) is 5.10 Å². The van der Waals surface area contributed by atoms with Crippen LogP contribution in [0.4, 0.5) is 5.13 Å². The summed E-state index contributed by atoms with van der Waals surface area (Å²) < 4.78 is 1.83. The predicted octanol–water partition coefficient (Wildman–Crippen LogP) is 2.93. The van der Waals surface area contributed by atoms with Gasteiger partial charge < -0.3 is 10.0 Å². The number of imidazole rings is 1. The molecule has 0 amide bonds. The van der Waals surface area contributed by atoms with Gasteiger partial charge in [-0.1, -0.05) is 35.1 Å². The number of nitrogens with zero attached hydrogens (tertiary/aromatic N) is 4. The number of hydrogen-bond acceptors (Lipinski definition) is 5. The van der Waals surface area contributed by atoms with E-state index in [1.807, 2.05) is 35.0 Å². The maximum atomic E-state index is 9.24. The lowest BCUT2D eigenvalue weighted by Gasteiger charge is -2.12. The van der Waals surface area contributed by atoms with Crippen LogP contribution in [0.1, 0.15) is 6.42 Å². The van der Waals surface area contributed by atoms with E-state index in [1.165, 1.54) is 0 Å². The maximum absolute atomic E-state index is 9.24. The fourth-order valence-corrected chi connectivity index (χ4v) is 3.78. The van der Waals surface area contributed by atoms with Crippen molar-refractivity contribution in [3.63, 3.8) is 0 Å². The van der Waals surface area contributed by atoms with Gasteiger partial charge in [-0.2, -0.15) is 0 Å². The van der Waals surface area contributed by atoms with Gasteiger partial charge >= 0.3 is 0 Å². The molecule has 5 nitrogen and oxygen atoms in total. The quantitative estimate of drug-likeness (QED) is 0.800. The van der Waals surface area contributed by atoms with Crippen LogP contribution in [-0.2, 0) is 0 Å². The minimum atomic E-state index is 0.250. The fraction of sp³-hybridized carbons (Fsp3) is 0.333. The third-order valence-corrected chi connectivity index (χ3v) is 5.22. The SMILES string of the molecule is OCC1CCN(c2nn3cc(-c4ccc(Cl)cc4)nc3s2)C1. The van der Waals surface area contributed by atoms with Gasteiger partial charge in [0.2, 0.25) is 10.1 Å². The van der Waals surface area contributed by atoms with Crippen molar-refractivity contribution in [2.75, 3.05) is 24.6 Å². The molecule has 1 aliphatic rings. The van der Waals surface area contributed by atoms with Crippen LogP contribution in [0.15, 0.2) is 30.5 Å². The zero-order valence-electron chi connectivity index (χ0n) is 11.8. The molecular formula is C15H15ClN4OS. The Labute approximate surface area is 136 Å². The fourth-order valence-electron chi connectivity index (χ4n) is 2.73. The first-order chi connectivity index (χ1) is 10.7. The normalized spacial score (nSPS) is 18.5. The number of fused-ring (bicyclic) bond motifs is 1. The standard InChI is InChI=1S/C15H15ClN4OS/c16-12-3-1-11(2-4-12)13-8-20-14(17-13)22-15(18-20)19-6-5-10(7-19)9-21/h1-4,8,10,21H,5-7,9H2. The Morgan fingerprint density at radius 2 is 2.14 bits per heavy atom. The van der Waals surface area contributed by atoms with Crippen molar-refractivity contribution >= 4 is 33.0 Å². The van der Waals surface area contributed by atoms with Crippen molar-refractivity contribution < 1.29 is 5.11 Å². The first kappa shape index (κ1) is 14.0. The first-order valence-corrected chi connectivity index (χ1v) is 8.40. The molecule has 0 aliphatic carbocycles. The van der Waals surface area contributed by atoms with Gasteiger partial charge in [0.05, 0.1) is 11.9 Å². The Bertz CT molecular complexity index is 766. The molecule has 0 saturated carbocycles. The van der Waals surface area contributed by atoms with Crippen LogP contribution in [0.5, 0.6) is 0 Å². The summed E-state index contributed by atoms with van der Waals surface area (Å²) in [5.41, 5.74) is 1.93. The van der Waals surface area contributed by atoms with Gasteiger partial charge in [-0.3, -0.25) is 0 Å². The molecule has 1 aromatic carbocycles. The average Bonchev–Trinajstić information content (AvgIpc) is 3.21. The van der Waals surface area contributed by atoms with E-state index in [1.54, 1.807) is 11.3 Å². The molecule has 0 radical (unpaired) electrons. The third-order valence-electron chi connectivity index (χ3n) is 3.99. The number of hydrogen-bond donors (Lipinski definition) is 1. The molecule has 7 heteroatoms. The van der Waals surface area contributed by atoms with Crippen LogP contribution in [0.25, 0.3) is 16.2 Å². The summed E-state index contributed by atoms with van der Waals surface area (Å²) in [6.07, 6.45) is 2.96. The Balaban J connectivity index is 1.61. The lowest BCUT2D eigenvalue weighted by molar-refractivity contribution is 0.238. The van der Waals surface area contributed by atoms with Gasteiger partial charge in [-0.25, -0.2) is 9.50 Å². The summed E-state index contributed by atoms with van der Waals surface area (Å²) in [6.45, 7) is 2.07. The van der Waals surface area contributed by atoms with E-state index >= 15 is 0 Å². The summed E-state index contributed by atoms with van der Waals surface area (Å²) in [4.78, 5) is 7.75. The Hall–Kier alpha value is -1.63. The van der Waals surface area contributed by atoms with E-state index in [9.17, 15) is 5.11 Å². The minimum Gasteiger partial charge on any atom is -0.396 e. The number of aliphatic hydroxyl groups excluding tert-OH is 1. The van der Waals surface area contributed by atoms with E-state index in [0.717, 1.165) is 45.9 Å². The summed E-state index contributed by atoms with van der Waals surface area (Å²) in [6, 6.07) is 7.65. The topological polar surface area (TPSA) is 53.7 Å². The molecule has 1 N–H and O–H groups in total. The second-order valence-corrected chi connectivity index (χ2v) is 6.90. The average molecular weight is 335 g/mol. The second kappa shape index (κ2) is 5.53. The highest BCUT2D eigenvalue weighted by Crippen LogP contribution is 2.30. The van der Waals surface area contributed by atoms with Crippen molar-refractivity contribution in [2.45, 2.75) is 6.42 Å². The molecule has 1 atom stereocenters. The zero-order valence-corrected chi connectivity index (χ0v) is 13.4. The molecule has 1 saturated heterocycles. The van der Waals surface area contributed by atoms with Gasteiger partial charge in [0.15, 0.2) is 0 Å². The number of aliphatic hydroxyl groups is 1. The summed E-state index contributed by atoms with van der Waals surface area (Å²) in [5.74, 6) is 0.362. The zero-order chi connectivity index (χ0) is 15.1. The molecule has 3 heterocycles. The Morgan fingerprint density at radius 3 is 2.82 bits per heavy atom. The van der Waals surface area contributed by atoms with Crippen LogP contribution in [0.3, 0.4) is 0 Å². The molecule has 3 aromatic rings. The van der Waals surface area contributed by atoms with Crippen molar-refractivity contribution in [1.29, 1.82) is 0 Å². The lowest BCUT2D eigenvalue weighted by Crippen LogP contribution is -2.20. The molecule has 1 unspecified atom stereocenters. The van der Waals surface area contributed by atoms with E-state index in [4.69, 9.17) is 11.6 Å². The van der Waals surface area contributed by atoms with Gasteiger partial charge in [0.25, 0.3) is 0 Å².